The van der Waals surface area contributed by atoms with E-state index in [0.29, 0.717) is 0 Å². The molecule has 0 spiro atoms. The zero-order valence-electron chi connectivity index (χ0n) is 3.02. The van der Waals surface area contributed by atoms with Gasteiger partial charge in [0.15, 0.2) is 34.7 Å². The van der Waals surface area contributed by atoms with Gasteiger partial charge in [0.2, 0.25) is 0 Å². The molecule has 0 aliphatic heterocycles. The van der Waals surface area contributed by atoms with Crippen LogP contribution in [0.3, 0.4) is 0 Å². The van der Waals surface area contributed by atoms with Crippen LogP contribution in [-0.4, -0.2) is 45.9 Å². The lowest BCUT2D eigenvalue weighted by molar-refractivity contribution is 0.216. The van der Waals surface area contributed by atoms with E-state index < -0.39 is 0 Å². The maximum absolute atomic E-state index is 8.06. The van der Waals surface area contributed by atoms with Gasteiger partial charge in [0.05, 0.1) is 0 Å². The van der Waals surface area contributed by atoms with Gasteiger partial charge >= 0.3 is 0 Å². The Bertz CT molecular complexity index is 17.7. The molecule has 0 amide bonds. The van der Waals surface area contributed by atoms with Crippen molar-refractivity contribution >= 4 is 34.7 Å². The van der Waals surface area contributed by atoms with Crippen molar-refractivity contribution in [2.24, 2.45) is 0 Å². The summed E-state index contributed by atoms with van der Waals surface area (Å²) in [6, 6.07) is 0. The van der Waals surface area contributed by atoms with Crippen LogP contribution in [0, 0.1) is 0 Å². The molecule has 0 aromatic heterocycles. The Hall–Kier alpha value is 1.02. The van der Waals surface area contributed by atoms with Crippen molar-refractivity contribution in [3.05, 3.63) is 0 Å². The third kappa shape index (κ3) is 77.5. The van der Waals surface area contributed by atoms with E-state index in [9.17, 15) is 0 Å². The quantitative estimate of drug-likeness (QED) is 0.378. The van der Waals surface area contributed by atoms with Gasteiger partial charge in [0.1, 0.15) is 0 Å². The second-order valence-electron chi connectivity index (χ2n) is 1.09. The molecule has 1 N–H and O–H groups in total. The van der Waals surface area contributed by atoms with Crippen molar-refractivity contribution in [3.8, 4) is 0 Å². The van der Waals surface area contributed by atoms with E-state index in [0.717, 1.165) is 0 Å². The first-order chi connectivity index (χ1) is 1.73. The topological polar surface area (TPSA) is 20.2 Å². The monoisotopic (exact) mass is 122 g/mol. The van der Waals surface area contributed by atoms with Gasteiger partial charge in [-0.25, -0.2) is 0 Å². The van der Waals surface area contributed by atoms with Crippen molar-refractivity contribution in [2.75, 3.05) is 0 Å². The summed E-state index contributed by atoms with van der Waals surface area (Å²) in [6.07, 6.45) is -0.167. The summed E-state index contributed by atoms with van der Waals surface area (Å²) < 4.78 is 0. The summed E-state index contributed by atoms with van der Waals surface area (Å²) in [4.78, 5) is 0. The highest BCUT2D eigenvalue weighted by molar-refractivity contribution is 5.76. The Morgan fingerprint density at radius 1 is 1.33 bits per heavy atom. The van der Waals surface area contributed by atoms with Crippen LogP contribution in [0.1, 0.15) is 15.3 Å². The fourth-order valence-electron chi connectivity index (χ4n) is 0. The molecule has 0 aliphatic rings. The second kappa shape index (κ2) is 9.39. The minimum Gasteiger partial charge on any atom is -0.394 e. The molecule has 40 valence electrons. The van der Waals surface area contributed by atoms with Crippen LogP contribution >= 0.6 is 0 Å². The molecule has 0 atom stereocenters. The van der Waals surface area contributed by atoms with Crippen LogP contribution < -0.4 is 0 Å². The lowest BCUT2D eigenvalue weighted by Gasteiger charge is -1.80. The SMILES string of the molecule is CC(C)O.[AlH3].[AlH3].[HH]. The van der Waals surface area contributed by atoms with Gasteiger partial charge in [-0.15, -0.1) is 0 Å². The predicted molar refractivity (Wildman–Crippen MR) is 39.3 cm³/mol. The smallest absolute Gasteiger partial charge is 0.187 e. The average molecular weight is 122 g/mol. The number of rotatable bonds is 0. The zero-order chi connectivity index (χ0) is 3.58. The highest BCUT2D eigenvalue weighted by Gasteiger charge is 1.69. The summed E-state index contributed by atoms with van der Waals surface area (Å²) in [5.74, 6) is 0. The largest absolute Gasteiger partial charge is 0.394 e. The third-order valence-corrected chi connectivity index (χ3v) is 0. The first-order valence-corrected chi connectivity index (χ1v) is 1.41. The number of aliphatic hydroxyl groups excluding tert-OH is 1. The van der Waals surface area contributed by atoms with Gasteiger partial charge in [-0.2, -0.15) is 0 Å². The van der Waals surface area contributed by atoms with Crippen LogP contribution in [0.25, 0.3) is 0 Å². The summed E-state index contributed by atoms with van der Waals surface area (Å²) >= 11 is 0. The molecular weight excluding hydrogens is 106 g/mol. The Morgan fingerprint density at radius 2 is 1.33 bits per heavy atom. The van der Waals surface area contributed by atoms with E-state index in [4.69, 9.17) is 5.11 Å². The van der Waals surface area contributed by atoms with Crippen molar-refractivity contribution in [2.45, 2.75) is 20.0 Å². The van der Waals surface area contributed by atoms with Crippen LogP contribution in [0.5, 0.6) is 0 Å². The highest BCUT2D eigenvalue weighted by Crippen LogP contribution is 1.65. The predicted octanol–water partition coefficient (Wildman–Crippen LogP) is -1.73. The average Bonchev–Trinajstić information content (AvgIpc) is 0.811. The van der Waals surface area contributed by atoms with Gasteiger partial charge in [-0.3, -0.25) is 0 Å². The molecule has 0 radical (unpaired) electrons. The Balaban J connectivity index is -0.0000000150. The molecule has 0 aliphatic carbocycles. The third-order valence-electron chi connectivity index (χ3n) is 0. The zero-order valence-corrected chi connectivity index (χ0v) is 3.02. The van der Waals surface area contributed by atoms with E-state index in [1.54, 1.807) is 13.8 Å². The maximum atomic E-state index is 8.06. The van der Waals surface area contributed by atoms with Crippen molar-refractivity contribution in [3.63, 3.8) is 0 Å². The van der Waals surface area contributed by atoms with Crippen molar-refractivity contribution < 1.29 is 6.53 Å². The summed E-state index contributed by atoms with van der Waals surface area (Å²) in [6.45, 7) is 3.44. The summed E-state index contributed by atoms with van der Waals surface area (Å²) in [7, 11) is 0. The second-order valence-corrected chi connectivity index (χ2v) is 1.09. The molecule has 0 rings (SSSR count). The van der Waals surface area contributed by atoms with Gasteiger partial charge in [0.25, 0.3) is 0 Å². The van der Waals surface area contributed by atoms with Crippen LogP contribution in [0.15, 0.2) is 0 Å². The van der Waals surface area contributed by atoms with Crippen LogP contribution in [0.2, 0.25) is 0 Å². The van der Waals surface area contributed by atoms with Crippen LogP contribution in [0.4, 0.5) is 0 Å². The molecule has 1 nitrogen and oxygen atoms in total. The Labute approximate surface area is 61.5 Å². The molecule has 6 heavy (non-hydrogen) atoms. The van der Waals surface area contributed by atoms with Gasteiger partial charge in [-0.1, -0.05) is 0 Å². The minimum absolute atomic E-state index is 0. The van der Waals surface area contributed by atoms with E-state index in [1.807, 2.05) is 0 Å². The molecule has 0 bridgehead atoms. The molecule has 0 aromatic carbocycles. The summed E-state index contributed by atoms with van der Waals surface area (Å²) in [5, 5.41) is 8.06. The Morgan fingerprint density at radius 3 is 1.33 bits per heavy atom. The molecule has 0 fully saturated rings. The van der Waals surface area contributed by atoms with E-state index in [1.165, 1.54) is 0 Å². The van der Waals surface area contributed by atoms with E-state index in [2.05, 4.69) is 0 Å². The minimum atomic E-state index is -0.167. The standard InChI is InChI=1S/C3H8O.2Al.H2.6H/c1-3(2)4;;;;;;;;;/h3-4H,1-2H3;;;1H;;;;;;. The molecule has 0 unspecified atom stereocenters. The van der Waals surface area contributed by atoms with Gasteiger partial charge in [-0.05, 0) is 13.8 Å². The van der Waals surface area contributed by atoms with E-state index in [-0.39, 0.29) is 42.3 Å². The highest BCUT2D eigenvalue weighted by atomic mass is 27.0. The first kappa shape index (κ1) is 15.7. The first-order valence-electron chi connectivity index (χ1n) is 1.41. The number of hydrogen-bond acceptors (Lipinski definition) is 1. The lowest BCUT2D eigenvalue weighted by atomic mass is 10.5. The van der Waals surface area contributed by atoms with Crippen molar-refractivity contribution in [1.29, 1.82) is 0 Å². The maximum Gasteiger partial charge on any atom is 0.187 e. The van der Waals surface area contributed by atoms with Crippen molar-refractivity contribution in [1.82, 2.24) is 0 Å². The summed E-state index contributed by atoms with van der Waals surface area (Å²) in [5.41, 5.74) is 0. The van der Waals surface area contributed by atoms with Gasteiger partial charge < -0.3 is 5.11 Å². The number of hydrogen-bond donors (Lipinski definition) is 1. The number of aliphatic hydroxyl groups is 1. The molecule has 0 aromatic rings. The molecule has 3 heteroatoms. The normalized spacial score (nSPS) is 6.00. The van der Waals surface area contributed by atoms with Gasteiger partial charge in [0, 0.05) is 7.53 Å². The fraction of sp³-hybridized carbons (Fsp3) is 1.00. The molecule has 0 heterocycles. The molecule has 0 saturated heterocycles. The van der Waals surface area contributed by atoms with E-state index >= 15 is 0 Å². The molecule has 0 saturated carbocycles. The lowest BCUT2D eigenvalue weighted by Crippen LogP contribution is -1.85. The fourth-order valence-corrected chi connectivity index (χ4v) is 0. The molecular formula is C3H16Al2O. The van der Waals surface area contributed by atoms with Crippen LogP contribution in [-0.2, 0) is 0 Å². The Kier molecular flexibility index (Phi) is 24.6.